The average Bonchev–Trinajstić information content (AvgIpc) is 2.54. The Bertz CT molecular complexity index is 672. The van der Waals surface area contributed by atoms with Crippen LogP contribution in [0.5, 0.6) is 5.75 Å². The number of nitrogens with zero attached hydrogens (tertiary/aromatic N) is 3. The molecular formula is C18H25ClN4O. The van der Waals surface area contributed by atoms with Crippen molar-refractivity contribution >= 4 is 29.1 Å². The van der Waals surface area contributed by atoms with Gasteiger partial charge in [0, 0.05) is 29.9 Å². The summed E-state index contributed by atoms with van der Waals surface area (Å²) < 4.78 is 5.37. The fraction of sp³-hybridized carbons (Fsp3) is 0.444. The zero-order valence-electron chi connectivity index (χ0n) is 14.8. The van der Waals surface area contributed by atoms with Crippen molar-refractivity contribution in [3.05, 3.63) is 35.0 Å². The van der Waals surface area contributed by atoms with Crippen molar-refractivity contribution in [2.24, 2.45) is 0 Å². The molecule has 1 N–H and O–H groups in total. The van der Waals surface area contributed by atoms with Crippen molar-refractivity contribution in [2.45, 2.75) is 33.6 Å². The van der Waals surface area contributed by atoms with Crippen LogP contribution in [-0.4, -0.2) is 30.2 Å². The zero-order chi connectivity index (χ0) is 17.5. The van der Waals surface area contributed by atoms with Crippen molar-refractivity contribution in [3.63, 3.8) is 0 Å². The van der Waals surface area contributed by atoms with E-state index in [9.17, 15) is 0 Å². The van der Waals surface area contributed by atoms with Gasteiger partial charge in [-0.15, -0.1) is 0 Å². The highest BCUT2D eigenvalue weighted by molar-refractivity contribution is 6.31. The van der Waals surface area contributed by atoms with E-state index in [-0.39, 0.29) is 0 Å². The number of hydrogen-bond donors (Lipinski definition) is 1. The summed E-state index contributed by atoms with van der Waals surface area (Å²) >= 11 is 6.09. The maximum absolute atomic E-state index is 6.09. The van der Waals surface area contributed by atoms with Crippen LogP contribution in [0.4, 0.5) is 17.5 Å². The molecule has 130 valence electrons. The monoisotopic (exact) mass is 348 g/mol. The van der Waals surface area contributed by atoms with Crippen LogP contribution < -0.4 is 15.0 Å². The van der Waals surface area contributed by atoms with Crippen molar-refractivity contribution in [3.8, 4) is 5.75 Å². The Morgan fingerprint density at radius 2 is 1.83 bits per heavy atom. The number of aromatic nitrogens is 2. The Morgan fingerprint density at radius 3 is 2.46 bits per heavy atom. The summed E-state index contributed by atoms with van der Waals surface area (Å²) in [4.78, 5) is 11.5. The van der Waals surface area contributed by atoms with Crippen molar-refractivity contribution in [2.75, 3.05) is 30.4 Å². The quantitative estimate of drug-likeness (QED) is 0.741. The number of halogens is 1. The third kappa shape index (κ3) is 4.74. The van der Waals surface area contributed by atoms with Crippen molar-refractivity contribution in [1.82, 2.24) is 9.97 Å². The van der Waals surface area contributed by atoms with E-state index in [2.05, 4.69) is 34.0 Å². The molecule has 0 fully saturated rings. The second kappa shape index (κ2) is 8.73. The van der Waals surface area contributed by atoms with E-state index in [0.717, 1.165) is 43.1 Å². The number of rotatable bonds is 8. The van der Waals surface area contributed by atoms with E-state index in [0.29, 0.717) is 16.7 Å². The Labute approximate surface area is 149 Å². The minimum Gasteiger partial charge on any atom is -0.495 e. The molecule has 6 heteroatoms. The summed E-state index contributed by atoms with van der Waals surface area (Å²) in [5.41, 5.74) is 1.67. The summed E-state index contributed by atoms with van der Waals surface area (Å²) in [5.74, 6) is 2.18. The Morgan fingerprint density at radius 1 is 1.12 bits per heavy atom. The highest BCUT2D eigenvalue weighted by atomic mass is 35.5. The van der Waals surface area contributed by atoms with Gasteiger partial charge < -0.3 is 15.0 Å². The van der Waals surface area contributed by atoms with Crippen LogP contribution in [0.1, 0.15) is 32.4 Å². The second-order valence-corrected chi connectivity index (χ2v) is 6.08. The fourth-order valence-electron chi connectivity index (χ4n) is 2.55. The van der Waals surface area contributed by atoms with Crippen LogP contribution in [0, 0.1) is 6.92 Å². The molecule has 0 aliphatic rings. The molecule has 2 aromatic rings. The van der Waals surface area contributed by atoms with Crippen LogP contribution in [0.15, 0.2) is 24.3 Å². The van der Waals surface area contributed by atoms with Gasteiger partial charge in [0.25, 0.3) is 0 Å². The molecule has 0 aliphatic carbocycles. The maximum Gasteiger partial charge on any atom is 0.229 e. The Balaban J connectivity index is 2.33. The number of nitrogens with one attached hydrogen (secondary N) is 1. The van der Waals surface area contributed by atoms with Gasteiger partial charge in [-0.3, -0.25) is 0 Å². The van der Waals surface area contributed by atoms with E-state index >= 15 is 0 Å². The van der Waals surface area contributed by atoms with E-state index in [1.54, 1.807) is 13.2 Å². The van der Waals surface area contributed by atoms with Crippen LogP contribution >= 0.6 is 11.6 Å². The SMILES string of the molecule is CCCN(CCC)c1cc(C)nc(Nc2cc(Cl)ccc2OC)n1. The third-order valence-corrected chi connectivity index (χ3v) is 3.79. The standard InChI is InChI=1S/C18H25ClN4O/c1-5-9-23(10-6-2)17-11-13(3)20-18(22-17)21-15-12-14(19)7-8-16(15)24-4/h7-8,11-12H,5-6,9-10H2,1-4H3,(H,20,21,22). The lowest BCUT2D eigenvalue weighted by Crippen LogP contribution is -2.26. The van der Waals surface area contributed by atoms with E-state index < -0.39 is 0 Å². The first kappa shape index (κ1) is 18.3. The van der Waals surface area contributed by atoms with Gasteiger partial charge in [0.05, 0.1) is 12.8 Å². The lowest BCUT2D eigenvalue weighted by Gasteiger charge is -2.23. The van der Waals surface area contributed by atoms with Gasteiger partial charge in [0.2, 0.25) is 5.95 Å². The van der Waals surface area contributed by atoms with E-state index in [1.165, 1.54) is 0 Å². The van der Waals surface area contributed by atoms with Crippen LogP contribution in [-0.2, 0) is 0 Å². The van der Waals surface area contributed by atoms with Crippen molar-refractivity contribution < 1.29 is 4.74 Å². The molecule has 0 atom stereocenters. The summed E-state index contributed by atoms with van der Waals surface area (Å²) in [6.07, 6.45) is 2.15. The molecule has 0 amide bonds. The summed E-state index contributed by atoms with van der Waals surface area (Å²) in [5, 5.41) is 3.86. The number of benzene rings is 1. The first-order valence-electron chi connectivity index (χ1n) is 8.28. The molecule has 0 unspecified atom stereocenters. The molecule has 1 heterocycles. The number of methoxy groups -OCH3 is 1. The highest BCUT2D eigenvalue weighted by Gasteiger charge is 2.11. The minimum absolute atomic E-state index is 0.544. The van der Waals surface area contributed by atoms with E-state index in [1.807, 2.05) is 25.1 Å². The second-order valence-electron chi connectivity index (χ2n) is 5.65. The molecule has 0 spiro atoms. The Hall–Kier alpha value is -2.01. The molecule has 0 saturated heterocycles. The van der Waals surface area contributed by atoms with Gasteiger partial charge in [-0.25, -0.2) is 4.98 Å². The number of ether oxygens (including phenoxy) is 1. The fourth-order valence-corrected chi connectivity index (χ4v) is 2.72. The zero-order valence-corrected chi connectivity index (χ0v) is 15.5. The Kier molecular flexibility index (Phi) is 6.67. The topological polar surface area (TPSA) is 50.3 Å². The maximum atomic E-state index is 6.09. The van der Waals surface area contributed by atoms with Gasteiger partial charge in [-0.1, -0.05) is 25.4 Å². The molecule has 0 aliphatic heterocycles. The van der Waals surface area contributed by atoms with Gasteiger partial charge in [-0.2, -0.15) is 4.98 Å². The van der Waals surface area contributed by atoms with Crippen LogP contribution in [0.3, 0.4) is 0 Å². The van der Waals surface area contributed by atoms with E-state index in [4.69, 9.17) is 16.3 Å². The largest absolute Gasteiger partial charge is 0.495 e. The van der Waals surface area contributed by atoms with Gasteiger partial charge in [0.15, 0.2) is 0 Å². The molecular weight excluding hydrogens is 324 g/mol. The van der Waals surface area contributed by atoms with Crippen LogP contribution in [0.2, 0.25) is 5.02 Å². The van der Waals surface area contributed by atoms with Gasteiger partial charge in [0.1, 0.15) is 11.6 Å². The van der Waals surface area contributed by atoms with Gasteiger partial charge in [-0.05, 0) is 38.0 Å². The molecule has 1 aromatic carbocycles. The predicted molar refractivity (Wildman–Crippen MR) is 101 cm³/mol. The van der Waals surface area contributed by atoms with Gasteiger partial charge >= 0.3 is 0 Å². The summed E-state index contributed by atoms with van der Waals surface area (Å²) in [7, 11) is 1.63. The molecule has 24 heavy (non-hydrogen) atoms. The third-order valence-electron chi connectivity index (χ3n) is 3.56. The summed E-state index contributed by atoms with van der Waals surface area (Å²) in [6.45, 7) is 8.27. The predicted octanol–water partition coefficient (Wildman–Crippen LogP) is 4.82. The van der Waals surface area contributed by atoms with Crippen LogP contribution in [0.25, 0.3) is 0 Å². The molecule has 0 bridgehead atoms. The summed E-state index contributed by atoms with van der Waals surface area (Å²) in [6, 6.07) is 7.44. The molecule has 0 radical (unpaired) electrons. The molecule has 0 saturated carbocycles. The molecule has 5 nitrogen and oxygen atoms in total. The van der Waals surface area contributed by atoms with Crippen molar-refractivity contribution in [1.29, 1.82) is 0 Å². The highest BCUT2D eigenvalue weighted by Crippen LogP contribution is 2.30. The smallest absolute Gasteiger partial charge is 0.229 e. The average molecular weight is 349 g/mol. The number of aryl methyl sites for hydroxylation is 1. The molecule has 2 rings (SSSR count). The lowest BCUT2D eigenvalue weighted by atomic mass is 10.3. The number of hydrogen-bond acceptors (Lipinski definition) is 5. The number of anilines is 3. The first-order chi connectivity index (χ1) is 11.6. The minimum atomic E-state index is 0.544. The molecule has 1 aromatic heterocycles. The normalized spacial score (nSPS) is 10.5. The first-order valence-corrected chi connectivity index (χ1v) is 8.66. The lowest BCUT2D eigenvalue weighted by molar-refractivity contribution is 0.417.